The number of hydrogen-bond acceptors (Lipinski definition) is 5. The average molecular weight is 554 g/mol. The summed E-state index contributed by atoms with van der Waals surface area (Å²) in [6.07, 6.45) is 11.4. The molecule has 1 amide bonds. The number of anilines is 1. The van der Waals surface area contributed by atoms with Crippen LogP contribution in [-0.2, 0) is 11.3 Å². The summed E-state index contributed by atoms with van der Waals surface area (Å²) in [5, 5.41) is 16.4. The summed E-state index contributed by atoms with van der Waals surface area (Å²) in [5.74, 6) is 0.112. The van der Waals surface area contributed by atoms with Crippen molar-refractivity contribution in [1.29, 1.82) is 0 Å². The van der Waals surface area contributed by atoms with E-state index in [1.807, 2.05) is 62.5 Å². The van der Waals surface area contributed by atoms with Crippen molar-refractivity contribution in [2.45, 2.75) is 83.8 Å². The van der Waals surface area contributed by atoms with E-state index in [2.05, 4.69) is 23.6 Å². The average Bonchev–Trinajstić information content (AvgIpc) is 2.93. The van der Waals surface area contributed by atoms with Gasteiger partial charge in [-0.25, -0.2) is 4.79 Å². The van der Waals surface area contributed by atoms with Crippen LogP contribution < -0.4 is 15.5 Å². The summed E-state index contributed by atoms with van der Waals surface area (Å²) < 4.78 is 0. The van der Waals surface area contributed by atoms with Crippen LogP contribution in [-0.4, -0.2) is 55.2 Å². The smallest absolute Gasteiger partial charge is 0.326 e. The second-order valence-electron chi connectivity index (χ2n) is 11.1. The highest BCUT2D eigenvalue weighted by molar-refractivity contribution is 7.98. The highest BCUT2D eigenvalue weighted by Crippen LogP contribution is 2.34. The number of amides is 1. The van der Waals surface area contributed by atoms with Gasteiger partial charge in [-0.15, -0.1) is 0 Å². The Hall–Kier alpha value is -2.51. The number of aryl methyl sites for hydroxylation is 1. The Morgan fingerprint density at radius 1 is 1.10 bits per heavy atom. The molecule has 0 unspecified atom stereocenters. The molecular weight excluding hydrogens is 506 g/mol. The van der Waals surface area contributed by atoms with Crippen LogP contribution in [0.3, 0.4) is 0 Å². The topological polar surface area (TPSA) is 81.7 Å². The molecule has 3 rings (SSSR count). The Balaban J connectivity index is 1.96. The van der Waals surface area contributed by atoms with Gasteiger partial charge in [-0.05, 0) is 78.5 Å². The number of benzene rings is 2. The number of thioether (sulfide) groups is 1. The predicted molar refractivity (Wildman–Crippen MR) is 165 cm³/mol. The van der Waals surface area contributed by atoms with Gasteiger partial charge in [0.25, 0.3) is 5.91 Å². The standard InChI is InChI=1S/C32H47N3O3S/c1-6-25(18-23-13-8-7-9-14-23)33-21-24-19-27(26-15-11-10-12-22(26)2)28(20-30(24)35(3)4)31(36)34-29(32(37)38)16-17-39-5/h10-12,15,19-20,23,25,29,33H,6-9,13-14,16-18,21H2,1-5H3,(H,34,36)(H,37,38)/t25-,29+/m1/s1. The van der Waals surface area contributed by atoms with Crippen molar-refractivity contribution in [3.05, 3.63) is 53.1 Å². The number of carboxylic acids is 1. The first kappa shape index (κ1) is 31.0. The van der Waals surface area contributed by atoms with E-state index in [0.717, 1.165) is 40.3 Å². The van der Waals surface area contributed by atoms with Crippen molar-refractivity contribution >= 4 is 29.3 Å². The molecule has 2 aromatic rings. The van der Waals surface area contributed by atoms with Gasteiger partial charge in [0.1, 0.15) is 6.04 Å². The lowest BCUT2D eigenvalue weighted by atomic mass is 9.84. The van der Waals surface area contributed by atoms with Crippen molar-refractivity contribution in [3.8, 4) is 11.1 Å². The van der Waals surface area contributed by atoms with Crippen LogP contribution in [0.5, 0.6) is 0 Å². The lowest BCUT2D eigenvalue weighted by Crippen LogP contribution is -2.41. The molecule has 1 fully saturated rings. The number of nitrogens with one attached hydrogen (secondary N) is 2. The lowest BCUT2D eigenvalue weighted by molar-refractivity contribution is -0.139. The van der Waals surface area contributed by atoms with Gasteiger partial charge < -0.3 is 20.6 Å². The molecule has 0 heterocycles. The molecule has 214 valence electrons. The Morgan fingerprint density at radius 2 is 1.82 bits per heavy atom. The Morgan fingerprint density at radius 3 is 2.44 bits per heavy atom. The zero-order chi connectivity index (χ0) is 28.4. The minimum atomic E-state index is -1.01. The van der Waals surface area contributed by atoms with Gasteiger partial charge in [0.2, 0.25) is 0 Å². The van der Waals surface area contributed by atoms with Gasteiger partial charge in [-0.2, -0.15) is 11.8 Å². The van der Waals surface area contributed by atoms with Crippen molar-refractivity contribution in [2.75, 3.05) is 31.0 Å². The third-order valence-corrected chi connectivity index (χ3v) is 8.66. The van der Waals surface area contributed by atoms with E-state index >= 15 is 0 Å². The van der Waals surface area contributed by atoms with Gasteiger partial charge in [-0.3, -0.25) is 4.79 Å². The molecule has 0 spiro atoms. The summed E-state index contributed by atoms with van der Waals surface area (Å²) in [4.78, 5) is 27.6. The minimum Gasteiger partial charge on any atom is -0.480 e. The van der Waals surface area contributed by atoms with Crippen LogP contribution in [0.2, 0.25) is 0 Å². The molecule has 7 heteroatoms. The molecule has 2 aromatic carbocycles. The maximum atomic E-state index is 13.6. The summed E-state index contributed by atoms with van der Waals surface area (Å²) in [6, 6.07) is 11.7. The molecular formula is C32H47N3O3S. The van der Waals surface area contributed by atoms with Crippen molar-refractivity contribution in [2.24, 2.45) is 5.92 Å². The van der Waals surface area contributed by atoms with Crippen LogP contribution in [0.15, 0.2) is 36.4 Å². The van der Waals surface area contributed by atoms with Gasteiger partial charge >= 0.3 is 5.97 Å². The molecule has 1 aliphatic carbocycles. The molecule has 0 saturated heterocycles. The first-order valence-corrected chi connectivity index (χ1v) is 15.8. The number of rotatable bonds is 14. The number of carbonyl (C=O) groups is 2. The molecule has 6 nitrogen and oxygen atoms in total. The minimum absolute atomic E-state index is 0.354. The summed E-state index contributed by atoms with van der Waals surface area (Å²) in [7, 11) is 3.98. The van der Waals surface area contributed by atoms with Gasteiger partial charge in [0.05, 0.1) is 0 Å². The van der Waals surface area contributed by atoms with Crippen molar-refractivity contribution < 1.29 is 14.7 Å². The number of hydrogen-bond donors (Lipinski definition) is 3. The van der Waals surface area contributed by atoms with E-state index in [4.69, 9.17) is 0 Å². The van der Waals surface area contributed by atoms with Crippen LogP contribution in [0.1, 0.15) is 79.8 Å². The molecule has 39 heavy (non-hydrogen) atoms. The van der Waals surface area contributed by atoms with Crippen LogP contribution >= 0.6 is 11.8 Å². The maximum absolute atomic E-state index is 13.6. The number of nitrogens with zero attached hydrogens (tertiary/aromatic N) is 1. The fourth-order valence-electron chi connectivity index (χ4n) is 5.68. The van der Waals surface area contributed by atoms with E-state index in [1.165, 1.54) is 38.5 Å². The van der Waals surface area contributed by atoms with Crippen LogP contribution in [0.4, 0.5) is 5.69 Å². The number of aliphatic carboxylic acids is 1. The van der Waals surface area contributed by atoms with E-state index < -0.39 is 12.0 Å². The Kier molecular flexibility index (Phi) is 12.2. The molecule has 0 aliphatic heterocycles. The molecule has 1 aliphatic rings. The summed E-state index contributed by atoms with van der Waals surface area (Å²) in [6.45, 7) is 5.02. The summed E-state index contributed by atoms with van der Waals surface area (Å²) in [5.41, 5.74) is 5.50. The van der Waals surface area contributed by atoms with Crippen molar-refractivity contribution in [1.82, 2.24) is 10.6 Å². The number of carboxylic acid groups (broad SMARTS) is 1. The second kappa shape index (κ2) is 15.3. The fraction of sp³-hybridized carbons (Fsp3) is 0.562. The SMILES string of the molecule is CC[C@H](CC1CCCCC1)NCc1cc(-c2ccccc2C)c(C(=O)N[C@@H](CCSC)C(=O)O)cc1N(C)C. The van der Waals surface area contributed by atoms with E-state index in [9.17, 15) is 14.7 Å². The first-order valence-electron chi connectivity index (χ1n) is 14.4. The van der Waals surface area contributed by atoms with Crippen molar-refractivity contribution in [3.63, 3.8) is 0 Å². The van der Waals surface area contributed by atoms with E-state index in [0.29, 0.717) is 30.3 Å². The van der Waals surface area contributed by atoms with Gasteiger partial charge in [0.15, 0.2) is 0 Å². The van der Waals surface area contributed by atoms with E-state index in [-0.39, 0.29) is 5.91 Å². The Labute approximate surface area is 239 Å². The van der Waals surface area contributed by atoms with Crippen LogP contribution in [0.25, 0.3) is 11.1 Å². The largest absolute Gasteiger partial charge is 0.480 e. The molecule has 1 saturated carbocycles. The highest BCUT2D eigenvalue weighted by Gasteiger charge is 2.25. The van der Waals surface area contributed by atoms with E-state index in [1.54, 1.807) is 11.8 Å². The predicted octanol–water partition coefficient (Wildman–Crippen LogP) is 6.50. The fourth-order valence-corrected chi connectivity index (χ4v) is 6.15. The zero-order valence-electron chi connectivity index (χ0n) is 24.4. The van der Waals surface area contributed by atoms with Gasteiger partial charge in [-0.1, -0.05) is 63.3 Å². The summed E-state index contributed by atoms with van der Waals surface area (Å²) >= 11 is 1.57. The monoisotopic (exact) mass is 553 g/mol. The maximum Gasteiger partial charge on any atom is 0.326 e. The molecule has 0 bridgehead atoms. The normalized spacial score (nSPS) is 15.5. The lowest BCUT2D eigenvalue weighted by Gasteiger charge is -2.28. The number of carbonyl (C=O) groups excluding carboxylic acids is 1. The Bertz CT molecular complexity index is 1100. The van der Waals surface area contributed by atoms with Crippen LogP contribution in [0, 0.1) is 12.8 Å². The third-order valence-electron chi connectivity index (χ3n) is 8.01. The zero-order valence-corrected chi connectivity index (χ0v) is 25.2. The quantitative estimate of drug-likeness (QED) is 0.248. The van der Waals surface area contributed by atoms with Gasteiger partial charge in [0, 0.05) is 37.9 Å². The third kappa shape index (κ3) is 8.74. The highest BCUT2D eigenvalue weighted by atomic mass is 32.2. The molecule has 3 N–H and O–H groups in total. The second-order valence-corrected chi connectivity index (χ2v) is 12.1. The molecule has 0 radical (unpaired) electrons. The first-order chi connectivity index (χ1) is 18.7. The molecule has 2 atom stereocenters. The molecule has 0 aromatic heterocycles.